The molecule has 0 aliphatic carbocycles. The maximum atomic E-state index is 10.6. The molecule has 0 bridgehead atoms. The first-order valence-electron chi connectivity index (χ1n) is 11.8. The zero-order valence-electron chi connectivity index (χ0n) is 20.0. The van der Waals surface area contributed by atoms with Crippen molar-refractivity contribution < 1.29 is 29.7 Å². The van der Waals surface area contributed by atoms with Crippen molar-refractivity contribution in [2.45, 2.75) is 84.1 Å². The number of carbonyl (C=O) groups is 3. The van der Waals surface area contributed by atoms with E-state index in [0.29, 0.717) is 0 Å². The Morgan fingerprint density at radius 1 is 0.882 bits per heavy atom. The molecule has 1 atom stereocenters. The summed E-state index contributed by atoms with van der Waals surface area (Å²) in [7, 11) is 0. The Morgan fingerprint density at radius 2 is 1.44 bits per heavy atom. The molecule has 0 radical (unpaired) electrons. The number of benzene rings is 1. The highest BCUT2D eigenvalue weighted by Crippen LogP contribution is 2.13. The second-order valence-corrected chi connectivity index (χ2v) is 8.31. The van der Waals surface area contributed by atoms with Crippen LogP contribution in [0.25, 0.3) is 0 Å². The number of carboxylic acid groups (broad SMARTS) is 3. The lowest BCUT2D eigenvalue weighted by Gasteiger charge is -2.02. The van der Waals surface area contributed by atoms with Gasteiger partial charge < -0.3 is 26.0 Å². The third kappa shape index (κ3) is 10.6. The molecule has 0 spiro atoms. The predicted octanol–water partition coefficient (Wildman–Crippen LogP) is 5.28. The van der Waals surface area contributed by atoms with Crippen molar-refractivity contribution >= 4 is 17.9 Å². The second kappa shape index (κ2) is 15.6. The Hall–Kier alpha value is -3.20. The molecule has 1 unspecified atom stereocenters. The van der Waals surface area contributed by atoms with Crippen LogP contribution >= 0.6 is 0 Å². The third-order valence-corrected chi connectivity index (χ3v) is 5.36. The Bertz CT molecular complexity index is 923. The topological polar surface area (TPSA) is 167 Å². The minimum atomic E-state index is -1.48. The van der Waals surface area contributed by atoms with Gasteiger partial charge in [0, 0.05) is 18.7 Å². The van der Waals surface area contributed by atoms with Gasteiger partial charge in [0.25, 0.3) is 0 Å². The van der Waals surface area contributed by atoms with E-state index in [1.165, 1.54) is 57.8 Å². The molecule has 0 aliphatic rings. The normalized spacial score (nSPS) is 11.4. The van der Waals surface area contributed by atoms with Crippen LogP contribution in [0, 0.1) is 0 Å². The van der Waals surface area contributed by atoms with Gasteiger partial charge in [0.1, 0.15) is 5.82 Å². The van der Waals surface area contributed by atoms with Gasteiger partial charge in [-0.2, -0.15) is 0 Å². The zero-order chi connectivity index (χ0) is 25.5. The van der Waals surface area contributed by atoms with Crippen molar-refractivity contribution in [2.24, 2.45) is 5.73 Å². The van der Waals surface area contributed by atoms with Gasteiger partial charge in [0.2, 0.25) is 0 Å². The molecule has 9 heteroatoms. The first kappa shape index (κ1) is 28.8. The quantitative estimate of drug-likeness (QED) is 0.230. The summed E-state index contributed by atoms with van der Waals surface area (Å²) in [6, 6.07) is 2.84. The predicted molar refractivity (Wildman–Crippen MR) is 129 cm³/mol. The summed E-state index contributed by atoms with van der Waals surface area (Å²) in [6.45, 7) is 4.24. The van der Waals surface area contributed by atoms with Crippen LogP contribution in [0.1, 0.15) is 120 Å². The molecule has 0 fully saturated rings. The Balaban J connectivity index is 0.000000350. The maximum Gasteiger partial charge on any atom is 0.336 e. The fourth-order valence-electron chi connectivity index (χ4n) is 3.38. The van der Waals surface area contributed by atoms with Crippen LogP contribution in [0.5, 0.6) is 0 Å². The van der Waals surface area contributed by atoms with E-state index < -0.39 is 29.0 Å². The van der Waals surface area contributed by atoms with Crippen LogP contribution in [0.4, 0.5) is 0 Å². The Morgan fingerprint density at radius 3 is 1.91 bits per heavy atom. The molecule has 1 heterocycles. The SMILES string of the molecule is CCCCCCCCCCCc1nc(C(C)N)c[nH]1.O=C(O)c1ccc(C(=O)O)c(C(=O)O)c1. The van der Waals surface area contributed by atoms with E-state index >= 15 is 0 Å². The summed E-state index contributed by atoms with van der Waals surface area (Å²) in [5.41, 5.74) is 5.52. The van der Waals surface area contributed by atoms with Gasteiger partial charge in [-0.25, -0.2) is 19.4 Å². The van der Waals surface area contributed by atoms with Crippen molar-refractivity contribution in [3.63, 3.8) is 0 Å². The fourth-order valence-corrected chi connectivity index (χ4v) is 3.38. The molecule has 2 aromatic rings. The number of hydrogen-bond acceptors (Lipinski definition) is 5. The van der Waals surface area contributed by atoms with Gasteiger partial charge in [-0.15, -0.1) is 0 Å². The number of unbranched alkanes of at least 4 members (excludes halogenated alkanes) is 8. The summed E-state index contributed by atoms with van der Waals surface area (Å²) < 4.78 is 0. The minimum Gasteiger partial charge on any atom is -0.478 e. The van der Waals surface area contributed by atoms with E-state index in [1.807, 2.05) is 13.1 Å². The number of aromatic nitrogens is 2. The summed E-state index contributed by atoms with van der Waals surface area (Å²) in [6.07, 6.45) is 15.3. The zero-order valence-corrected chi connectivity index (χ0v) is 20.0. The number of rotatable bonds is 14. The smallest absolute Gasteiger partial charge is 0.336 e. The number of carboxylic acids is 3. The van der Waals surface area contributed by atoms with E-state index in [0.717, 1.165) is 36.1 Å². The number of nitrogens with two attached hydrogens (primary N) is 1. The van der Waals surface area contributed by atoms with E-state index in [1.54, 1.807) is 0 Å². The number of hydrogen-bond donors (Lipinski definition) is 5. The Kier molecular flexibility index (Phi) is 13.2. The third-order valence-electron chi connectivity index (χ3n) is 5.36. The molecule has 6 N–H and O–H groups in total. The van der Waals surface area contributed by atoms with E-state index in [2.05, 4.69) is 16.9 Å². The summed E-state index contributed by atoms with van der Waals surface area (Å²) in [5, 5.41) is 25.9. The van der Waals surface area contributed by atoms with Crippen molar-refractivity contribution in [3.8, 4) is 0 Å². The van der Waals surface area contributed by atoms with Gasteiger partial charge in [-0.3, -0.25) is 0 Å². The van der Waals surface area contributed by atoms with E-state index in [-0.39, 0.29) is 11.6 Å². The van der Waals surface area contributed by atoms with Crippen molar-refractivity contribution in [2.75, 3.05) is 0 Å². The van der Waals surface area contributed by atoms with Gasteiger partial charge >= 0.3 is 17.9 Å². The summed E-state index contributed by atoms with van der Waals surface area (Å²) in [4.78, 5) is 39.5. The van der Waals surface area contributed by atoms with Crippen LogP contribution in [-0.2, 0) is 6.42 Å². The van der Waals surface area contributed by atoms with Gasteiger partial charge in [0.05, 0.1) is 22.4 Å². The van der Waals surface area contributed by atoms with Crippen LogP contribution < -0.4 is 5.73 Å². The molecule has 0 amide bonds. The molecule has 0 saturated carbocycles. The average molecular weight is 476 g/mol. The number of aryl methyl sites for hydroxylation is 1. The molecular formula is C25H37N3O6. The van der Waals surface area contributed by atoms with Crippen molar-refractivity contribution in [1.82, 2.24) is 9.97 Å². The number of aromatic carboxylic acids is 3. The van der Waals surface area contributed by atoms with E-state index in [4.69, 9.17) is 21.1 Å². The highest BCUT2D eigenvalue weighted by Gasteiger charge is 2.18. The summed E-state index contributed by atoms with van der Waals surface area (Å²) >= 11 is 0. The van der Waals surface area contributed by atoms with E-state index in [9.17, 15) is 14.4 Å². The maximum absolute atomic E-state index is 10.6. The van der Waals surface area contributed by atoms with Gasteiger partial charge in [-0.1, -0.05) is 58.3 Å². The fraction of sp³-hybridized carbons (Fsp3) is 0.520. The molecule has 34 heavy (non-hydrogen) atoms. The van der Waals surface area contributed by atoms with Crippen LogP contribution in [0.2, 0.25) is 0 Å². The molecule has 9 nitrogen and oxygen atoms in total. The lowest BCUT2D eigenvalue weighted by Crippen LogP contribution is -2.10. The van der Waals surface area contributed by atoms with Gasteiger partial charge in [0.15, 0.2) is 0 Å². The highest BCUT2D eigenvalue weighted by atomic mass is 16.4. The lowest BCUT2D eigenvalue weighted by molar-refractivity contribution is 0.0649. The van der Waals surface area contributed by atoms with Crippen molar-refractivity contribution in [3.05, 3.63) is 52.6 Å². The minimum absolute atomic E-state index is 0.0353. The first-order valence-corrected chi connectivity index (χ1v) is 11.8. The van der Waals surface area contributed by atoms with Crippen LogP contribution in [-0.4, -0.2) is 43.2 Å². The monoisotopic (exact) mass is 475 g/mol. The highest BCUT2D eigenvalue weighted by molar-refractivity contribution is 6.03. The number of nitrogens with zero attached hydrogens (tertiary/aromatic N) is 1. The number of nitrogens with one attached hydrogen (secondary N) is 1. The van der Waals surface area contributed by atoms with Crippen LogP contribution in [0.15, 0.2) is 24.4 Å². The van der Waals surface area contributed by atoms with Crippen molar-refractivity contribution in [1.29, 1.82) is 0 Å². The Labute approximate surface area is 200 Å². The second-order valence-electron chi connectivity index (χ2n) is 8.31. The molecule has 188 valence electrons. The lowest BCUT2D eigenvalue weighted by atomic mass is 10.0. The average Bonchev–Trinajstić information content (AvgIpc) is 3.27. The molecule has 1 aromatic heterocycles. The number of H-pyrrole nitrogens is 1. The molecular weight excluding hydrogens is 438 g/mol. The summed E-state index contributed by atoms with van der Waals surface area (Å²) in [5.74, 6) is -3.11. The molecule has 2 rings (SSSR count). The number of aromatic amines is 1. The molecule has 0 aliphatic heterocycles. The van der Waals surface area contributed by atoms with Crippen LogP contribution in [0.3, 0.4) is 0 Å². The van der Waals surface area contributed by atoms with Gasteiger partial charge in [-0.05, 0) is 31.5 Å². The number of imidazole rings is 1. The molecule has 1 aromatic carbocycles. The largest absolute Gasteiger partial charge is 0.478 e. The molecule has 0 saturated heterocycles. The standard InChI is InChI=1S/C16H31N3.C9H6O6/c1-3-4-5-6-7-8-9-10-11-12-16-18-13-15(19-16)14(2)17;10-7(11)4-1-2-5(8(12)13)6(3-4)9(14)15/h13-14H,3-12,17H2,1-2H3,(H,18,19);1-3H,(H,10,11)(H,12,13)(H,14,15). The first-order chi connectivity index (χ1) is 16.2.